The van der Waals surface area contributed by atoms with Gasteiger partial charge in [0.1, 0.15) is 5.75 Å². The summed E-state index contributed by atoms with van der Waals surface area (Å²) in [4.78, 5) is 10.5. The second-order valence-corrected chi connectivity index (χ2v) is 16.5. The largest absolute Gasteiger partial charge is 1.00 e. The second-order valence-electron chi connectivity index (χ2n) is 13.0. The van der Waals surface area contributed by atoms with E-state index in [-0.39, 0.29) is 29.6 Å². The summed E-state index contributed by atoms with van der Waals surface area (Å²) in [5.74, 6) is 0.100. The number of ether oxygens (including phenoxy) is 3. The van der Waals surface area contributed by atoms with E-state index in [1.807, 2.05) is 24.3 Å². The first-order chi connectivity index (χ1) is 23.9. The molecule has 50 heavy (non-hydrogen) atoms. The van der Waals surface area contributed by atoms with Gasteiger partial charge >= 0.3 is 38.7 Å². The van der Waals surface area contributed by atoms with Crippen LogP contribution in [0.3, 0.4) is 0 Å². The molecule has 11 heteroatoms. The summed E-state index contributed by atoms with van der Waals surface area (Å²) in [6.07, 6.45) is 31.6. The molecule has 0 aromatic heterocycles. The van der Waals surface area contributed by atoms with E-state index in [0.29, 0.717) is 23.2 Å². The summed E-state index contributed by atoms with van der Waals surface area (Å²) in [5, 5.41) is 10.5. The zero-order chi connectivity index (χ0) is 35.5. The SMILES string of the molecule is O=C([O-])/C=C/c1ccc(OCCCCCCCCCCOCCCCCCCCCCOCCCCCCCCCCSS(=O)(=O)O)cc1.[Na+]. The number of carboxylic acid groups (broad SMARTS) is 1. The Balaban J connectivity index is 0.0000240. The second kappa shape index (κ2) is 36.8. The molecule has 0 spiro atoms. The molecule has 1 aromatic rings. The Morgan fingerprint density at radius 3 is 1.28 bits per heavy atom. The van der Waals surface area contributed by atoms with Gasteiger partial charge in [-0.05, 0) is 73.1 Å². The predicted octanol–water partition coefficient (Wildman–Crippen LogP) is 6.76. The van der Waals surface area contributed by atoms with Gasteiger partial charge in [0.25, 0.3) is 0 Å². The van der Waals surface area contributed by atoms with Crippen LogP contribution in [0.4, 0.5) is 0 Å². The molecular formula is C39H67NaO8S2. The van der Waals surface area contributed by atoms with Gasteiger partial charge in [0.15, 0.2) is 0 Å². The molecule has 0 aliphatic heterocycles. The van der Waals surface area contributed by atoms with Crippen molar-refractivity contribution in [3.05, 3.63) is 35.9 Å². The molecular weight excluding hydrogens is 684 g/mol. The Labute approximate surface area is 331 Å². The number of carbonyl (C=O) groups is 1. The fraction of sp³-hybridized carbons (Fsp3) is 0.769. The van der Waals surface area contributed by atoms with E-state index in [9.17, 15) is 18.3 Å². The van der Waals surface area contributed by atoms with E-state index >= 15 is 0 Å². The molecule has 0 fully saturated rings. The molecule has 0 saturated heterocycles. The van der Waals surface area contributed by atoms with E-state index in [2.05, 4.69) is 0 Å². The third-order valence-electron chi connectivity index (χ3n) is 8.49. The first-order valence-corrected chi connectivity index (χ1v) is 22.2. The molecule has 0 heterocycles. The van der Waals surface area contributed by atoms with Gasteiger partial charge in [-0.25, -0.2) is 0 Å². The minimum atomic E-state index is -3.87. The fourth-order valence-electron chi connectivity index (χ4n) is 5.60. The van der Waals surface area contributed by atoms with Crippen LogP contribution in [0.25, 0.3) is 6.08 Å². The number of hydrogen-bond acceptors (Lipinski definition) is 8. The van der Waals surface area contributed by atoms with E-state index < -0.39 is 15.1 Å². The Kier molecular flexibility index (Phi) is 36.3. The molecule has 1 rings (SSSR count). The van der Waals surface area contributed by atoms with Gasteiger partial charge in [0, 0.05) is 32.2 Å². The van der Waals surface area contributed by atoms with Gasteiger partial charge in [-0.2, -0.15) is 8.42 Å². The average Bonchev–Trinajstić information content (AvgIpc) is 3.07. The van der Waals surface area contributed by atoms with Gasteiger partial charge in [-0.3, -0.25) is 4.55 Å². The standard InChI is InChI=1S/C39H68O8S2.Na/c40-39(41)30-27-37-25-28-38(29-26-37)47-35-23-17-11-4-3-9-15-21-33-45-31-19-13-7-1-2-8-14-20-32-46-34-22-16-10-5-6-12-18-24-36-48-49(42,43)44;/h25-30H,1-24,31-36H2,(H,40,41)(H,42,43,44);/q;+1/p-1/b30-27+;. The van der Waals surface area contributed by atoms with Crippen LogP contribution in [-0.2, 0) is 23.4 Å². The van der Waals surface area contributed by atoms with E-state index in [1.165, 1.54) is 128 Å². The molecule has 0 atom stereocenters. The molecule has 8 nitrogen and oxygen atoms in total. The zero-order valence-corrected chi connectivity index (χ0v) is 34.9. The fourth-order valence-corrected chi connectivity index (χ4v) is 7.12. The van der Waals surface area contributed by atoms with Gasteiger partial charge in [-0.1, -0.05) is 134 Å². The Morgan fingerprint density at radius 2 is 0.920 bits per heavy atom. The van der Waals surface area contributed by atoms with Crippen molar-refractivity contribution in [2.45, 2.75) is 154 Å². The third kappa shape index (κ3) is 37.2. The van der Waals surface area contributed by atoms with Gasteiger partial charge in [0.2, 0.25) is 0 Å². The number of unbranched alkanes of at least 4 members (excludes halogenated alkanes) is 21. The van der Waals surface area contributed by atoms with Crippen LogP contribution < -0.4 is 39.4 Å². The normalized spacial score (nSPS) is 11.6. The molecule has 1 N–H and O–H groups in total. The van der Waals surface area contributed by atoms with Gasteiger partial charge < -0.3 is 24.1 Å². The summed E-state index contributed by atoms with van der Waals surface area (Å²) in [7, 11) is -3.24. The van der Waals surface area contributed by atoms with Crippen molar-refractivity contribution in [3.8, 4) is 5.75 Å². The van der Waals surface area contributed by atoms with E-state index in [1.54, 1.807) is 0 Å². The van der Waals surface area contributed by atoms with Crippen LogP contribution in [0, 0.1) is 0 Å². The molecule has 0 aliphatic carbocycles. The van der Waals surface area contributed by atoms with Crippen LogP contribution in [0.1, 0.15) is 160 Å². The van der Waals surface area contributed by atoms with Crippen molar-refractivity contribution in [3.63, 3.8) is 0 Å². The van der Waals surface area contributed by atoms with Crippen molar-refractivity contribution in [1.82, 2.24) is 0 Å². The van der Waals surface area contributed by atoms with Gasteiger partial charge in [-0.15, -0.1) is 0 Å². The summed E-state index contributed by atoms with van der Waals surface area (Å²) in [6, 6.07) is 7.41. The Bertz CT molecular complexity index is 1020. The minimum absolute atomic E-state index is 0. The maximum Gasteiger partial charge on any atom is 1.00 e. The smallest absolute Gasteiger partial charge is 0.545 e. The quantitative estimate of drug-likeness (QED) is 0.0258. The molecule has 0 unspecified atom stereocenters. The monoisotopic (exact) mass is 750 g/mol. The first kappa shape index (κ1) is 49.4. The third-order valence-corrected chi connectivity index (χ3v) is 10.6. The Hall–Kier alpha value is -0.590. The number of hydrogen-bond donors (Lipinski definition) is 1. The van der Waals surface area contributed by atoms with Gasteiger partial charge in [0.05, 0.1) is 12.6 Å². The molecule has 284 valence electrons. The van der Waals surface area contributed by atoms with Crippen LogP contribution in [0.5, 0.6) is 5.75 Å². The van der Waals surface area contributed by atoms with E-state index in [4.69, 9.17) is 18.8 Å². The number of carboxylic acids is 1. The summed E-state index contributed by atoms with van der Waals surface area (Å²) < 4.78 is 47.3. The molecule has 1 aromatic carbocycles. The minimum Gasteiger partial charge on any atom is -0.545 e. The molecule has 0 saturated carbocycles. The predicted molar refractivity (Wildman–Crippen MR) is 202 cm³/mol. The maximum atomic E-state index is 10.6. The zero-order valence-electron chi connectivity index (χ0n) is 31.3. The molecule has 0 radical (unpaired) electrons. The summed E-state index contributed by atoms with van der Waals surface area (Å²) >= 11 is 0. The number of carbonyl (C=O) groups excluding carboxylic acids is 1. The summed E-state index contributed by atoms with van der Waals surface area (Å²) in [6.45, 7) is 4.29. The van der Waals surface area contributed by atoms with Crippen molar-refractivity contribution in [2.75, 3.05) is 38.8 Å². The summed E-state index contributed by atoms with van der Waals surface area (Å²) in [5.41, 5.74) is 0.812. The van der Waals surface area contributed by atoms with Crippen LogP contribution in [0.2, 0.25) is 0 Å². The molecule has 0 aliphatic rings. The average molecular weight is 751 g/mol. The Morgan fingerprint density at radius 1 is 0.580 bits per heavy atom. The van der Waals surface area contributed by atoms with Crippen LogP contribution in [0.15, 0.2) is 30.3 Å². The molecule has 0 amide bonds. The topological polar surface area (TPSA) is 122 Å². The first-order valence-electron chi connectivity index (χ1n) is 19.3. The van der Waals surface area contributed by atoms with Crippen LogP contribution >= 0.6 is 10.8 Å². The van der Waals surface area contributed by atoms with E-state index in [0.717, 1.165) is 75.9 Å². The number of aliphatic carboxylic acids is 1. The molecule has 0 bridgehead atoms. The van der Waals surface area contributed by atoms with Crippen LogP contribution in [-0.4, -0.2) is 57.7 Å². The van der Waals surface area contributed by atoms with Crippen molar-refractivity contribution >= 4 is 32.0 Å². The van der Waals surface area contributed by atoms with Crippen molar-refractivity contribution < 1.29 is 66.6 Å². The number of benzene rings is 1. The number of rotatable bonds is 37. The maximum absolute atomic E-state index is 10.6. The van der Waals surface area contributed by atoms with Crippen molar-refractivity contribution in [2.24, 2.45) is 0 Å². The van der Waals surface area contributed by atoms with Crippen molar-refractivity contribution in [1.29, 1.82) is 0 Å².